The Kier molecular flexibility index (Phi) is 39.1. The SMILES string of the molecule is C/C=C(/C)C(=O)OC.COC(=O)C(C)C(C)Sc1ccc(C)cc1.COc1ccc(S)cc1.Cc1ccc(SC(C)C(C)C(=O)O)cc1.Cc1ccc2c(c1)C(=O)N[C@@H](C)[C@@H](C)S2.Cc1ccc2c(c1)C(=O)N[C@H](C)[C@@H](C)S2.Cc1ccc2c(c1)C(=O)[C@@H](C)[C@@H](C)S2.Cc1ccc2c(c1)C(=O)[C@H](C)[C@@H](C)S2. The van der Waals surface area contributed by atoms with Gasteiger partial charge in [-0.15, -0.1) is 83.2 Å². The Hall–Kier alpha value is -6.78. The van der Waals surface area contributed by atoms with E-state index in [4.69, 9.17) is 14.6 Å². The number of fused-ring (bicyclic) bond motifs is 4. The number of hydrogen-bond donors (Lipinski definition) is 4. The van der Waals surface area contributed by atoms with Gasteiger partial charge in [0.05, 0.1) is 44.3 Å². The van der Waals surface area contributed by atoms with E-state index in [2.05, 4.69) is 123 Å². The standard InChI is InChI=1S/C13H18O2S.2C12H15NOS.C12H16O2S.2C12H14OS.C7H8OS.C6H10O2/c1-9-5-7-12(8-6-9)16-11(3)10(2)13(14)15-4;2*1-7-4-5-11-10(6-7)12(14)13-8(2)9(3)15-11;1-8-4-6-11(7-5-8)15-10(3)9(2)12(13)14;2*1-7-4-5-11-10(6-7)12(13)8(2)9(3)14-11;1-8-6-2-4-7(9)5-3-6;1-4-5(2)6(7)8-3/h5-8,10-11H,1-4H3;2*4-6,8-9H,1-3H3,(H,13,14);4-7,9-10H,1-3H3,(H,13,14);2*4-6,8-9H,1-3H3;2-5,9H,1H3;4H,1-3H3/b;;;;;;;5-4-/t;8-,9+;8-,9-;;8-,9+;8-,9-;;/m.01.01../s1. The lowest BCUT2D eigenvalue weighted by Gasteiger charge is -2.26. The summed E-state index contributed by atoms with van der Waals surface area (Å²) in [6.07, 6.45) is 1.71. The first-order valence-corrected chi connectivity index (χ1v) is 41.3. The average molecular weight is 1570 g/mol. The van der Waals surface area contributed by atoms with Gasteiger partial charge in [0.2, 0.25) is 0 Å². The molecule has 0 aromatic heterocycles. The fourth-order valence-corrected chi connectivity index (χ4v) is 16.7. The number of esters is 2. The van der Waals surface area contributed by atoms with Crippen LogP contribution in [0.1, 0.15) is 172 Å². The van der Waals surface area contributed by atoms with E-state index in [1.807, 2.05) is 192 Å². The highest BCUT2D eigenvalue weighted by Crippen LogP contribution is 2.41. The maximum Gasteiger partial charge on any atom is 0.333 e. The number of carboxylic acids is 1. The lowest BCUT2D eigenvalue weighted by atomic mass is 9.95. The number of ketones is 2. The Morgan fingerprint density at radius 3 is 1.09 bits per heavy atom. The van der Waals surface area contributed by atoms with Crippen LogP contribution in [-0.2, 0) is 23.9 Å². The zero-order chi connectivity index (χ0) is 79.4. The second kappa shape index (κ2) is 45.3. The van der Waals surface area contributed by atoms with Crippen LogP contribution in [0, 0.1) is 65.2 Å². The third kappa shape index (κ3) is 29.3. The van der Waals surface area contributed by atoms with Crippen molar-refractivity contribution in [3.05, 3.63) is 213 Å². The molecule has 3 N–H and O–H groups in total. The molecule has 0 bridgehead atoms. The molecule has 0 saturated carbocycles. The molecule has 106 heavy (non-hydrogen) atoms. The molecule has 0 saturated heterocycles. The Bertz CT molecular complexity index is 3940. The zero-order valence-corrected chi connectivity index (χ0v) is 71.6. The van der Waals surface area contributed by atoms with Gasteiger partial charge in [-0.05, 0) is 166 Å². The van der Waals surface area contributed by atoms with Gasteiger partial charge in [-0.3, -0.25) is 28.8 Å². The first-order chi connectivity index (χ1) is 49.9. The van der Waals surface area contributed by atoms with Crippen molar-refractivity contribution >= 4 is 124 Å². The van der Waals surface area contributed by atoms with Crippen molar-refractivity contribution in [2.45, 2.75) is 216 Å². The molecule has 4 unspecified atom stereocenters. The second-order valence-electron chi connectivity index (χ2n) is 27.0. The van der Waals surface area contributed by atoms with E-state index in [1.54, 1.807) is 81.0 Å². The summed E-state index contributed by atoms with van der Waals surface area (Å²) in [5, 5.41) is 16.8. The molecule has 0 aliphatic carbocycles. The van der Waals surface area contributed by atoms with Gasteiger partial charge < -0.3 is 30.0 Å². The van der Waals surface area contributed by atoms with Crippen LogP contribution in [0.2, 0.25) is 0 Å². The summed E-state index contributed by atoms with van der Waals surface area (Å²) < 4.78 is 14.1. The highest BCUT2D eigenvalue weighted by molar-refractivity contribution is 8.01. The average Bonchev–Trinajstić information content (AvgIpc) is 1.10. The van der Waals surface area contributed by atoms with Crippen LogP contribution in [0.5, 0.6) is 5.75 Å². The fourth-order valence-electron chi connectivity index (χ4n) is 9.96. The number of Topliss-reactive ketones (excluding diaryl/α,β-unsaturated/α-hetero) is 2. The van der Waals surface area contributed by atoms with Gasteiger partial charge >= 0.3 is 17.9 Å². The molecular weight excluding hydrogens is 1460 g/mol. The van der Waals surface area contributed by atoms with Gasteiger partial charge in [-0.1, -0.05) is 157 Å². The summed E-state index contributed by atoms with van der Waals surface area (Å²) in [5.41, 5.74) is 11.2. The number of amides is 2. The third-order valence-corrected chi connectivity index (χ3v) is 26.7. The fraction of sp³-hybridized carbons (Fsp3) is 0.407. The molecule has 0 radical (unpaired) electrons. The predicted octanol–water partition coefficient (Wildman–Crippen LogP) is 21.4. The highest BCUT2D eigenvalue weighted by Gasteiger charge is 2.32. The number of rotatable bonds is 10. The number of allylic oxidation sites excluding steroid dienone is 1. The molecule has 4 aliphatic heterocycles. The first-order valence-electron chi connectivity index (χ1n) is 35.5. The summed E-state index contributed by atoms with van der Waals surface area (Å²) >= 11 is 14.6. The Labute approximate surface area is 662 Å². The predicted molar refractivity (Wildman–Crippen MR) is 450 cm³/mol. The van der Waals surface area contributed by atoms with E-state index in [0.717, 1.165) is 68.5 Å². The number of aliphatic carboxylic acids is 1. The highest BCUT2D eigenvalue weighted by atomic mass is 32.2. The zero-order valence-electron chi connectivity index (χ0n) is 65.8. The molecule has 7 aromatic carbocycles. The van der Waals surface area contributed by atoms with Crippen molar-refractivity contribution < 1.29 is 52.9 Å². The Morgan fingerprint density at radius 2 is 0.783 bits per heavy atom. The lowest BCUT2D eigenvalue weighted by molar-refractivity contribution is -0.144. The number of methoxy groups -OCH3 is 3. The molecule has 11 rings (SSSR count). The molecule has 572 valence electrons. The van der Waals surface area contributed by atoms with Gasteiger partial charge in [0, 0.05) is 106 Å². The minimum Gasteiger partial charge on any atom is -0.497 e. The molecule has 20 heteroatoms. The molecule has 0 fully saturated rings. The van der Waals surface area contributed by atoms with Crippen molar-refractivity contribution in [3.63, 3.8) is 0 Å². The normalized spacial score (nSPS) is 19.9. The molecule has 0 spiro atoms. The molecule has 4 aliphatic rings. The summed E-state index contributed by atoms with van der Waals surface area (Å²) in [6.45, 7) is 40.0. The van der Waals surface area contributed by atoms with E-state index >= 15 is 0 Å². The van der Waals surface area contributed by atoms with Gasteiger partial charge in [-0.25, -0.2) is 4.79 Å². The van der Waals surface area contributed by atoms with Crippen LogP contribution in [-0.4, -0.2) is 111 Å². The second-order valence-corrected chi connectivity index (χ2v) is 36.1. The van der Waals surface area contributed by atoms with E-state index in [-0.39, 0.29) is 70.0 Å². The van der Waals surface area contributed by atoms with Crippen molar-refractivity contribution in [3.8, 4) is 5.75 Å². The molecule has 12 atom stereocenters. The third-order valence-electron chi connectivity index (χ3n) is 18.2. The Balaban J connectivity index is 0.000000258. The quantitative estimate of drug-likeness (QED) is 0.0437. The van der Waals surface area contributed by atoms with Crippen LogP contribution in [0.25, 0.3) is 0 Å². The van der Waals surface area contributed by atoms with Crippen LogP contribution >= 0.6 is 83.2 Å². The smallest absolute Gasteiger partial charge is 0.333 e. The molecule has 4 heterocycles. The summed E-state index contributed by atoms with van der Waals surface area (Å²) in [5.74, 6) is 0.326. The lowest BCUT2D eigenvalue weighted by Crippen LogP contribution is -2.36. The summed E-state index contributed by atoms with van der Waals surface area (Å²) in [7, 11) is 4.45. The number of thioether (sulfide) groups is 6. The minimum absolute atomic E-state index is 0.0537. The van der Waals surface area contributed by atoms with Crippen LogP contribution in [0.15, 0.2) is 192 Å². The number of ether oxygens (including phenoxy) is 3. The molecular formula is C86H110N2O11S7. The topological polar surface area (TPSA) is 191 Å². The largest absolute Gasteiger partial charge is 0.497 e. The van der Waals surface area contributed by atoms with Crippen LogP contribution in [0.3, 0.4) is 0 Å². The number of benzene rings is 7. The number of thiol groups is 1. The van der Waals surface area contributed by atoms with Crippen LogP contribution in [0.4, 0.5) is 0 Å². The van der Waals surface area contributed by atoms with E-state index in [1.165, 1.54) is 41.4 Å². The number of aryl methyl sites for hydroxylation is 6. The molecule has 13 nitrogen and oxygen atoms in total. The van der Waals surface area contributed by atoms with Crippen molar-refractivity contribution in [2.75, 3.05) is 21.3 Å². The number of carbonyl (C=O) groups is 7. The van der Waals surface area contributed by atoms with Crippen molar-refractivity contribution in [1.82, 2.24) is 10.6 Å². The van der Waals surface area contributed by atoms with E-state index in [9.17, 15) is 33.6 Å². The summed E-state index contributed by atoms with van der Waals surface area (Å²) in [6, 6.07) is 48.9. The van der Waals surface area contributed by atoms with Crippen LogP contribution < -0.4 is 15.4 Å². The number of carbonyl (C=O) groups excluding carboxylic acids is 6. The van der Waals surface area contributed by atoms with Crippen molar-refractivity contribution in [2.24, 2.45) is 23.7 Å². The Morgan fingerprint density at radius 1 is 0.462 bits per heavy atom. The van der Waals surface area contributed by atoms with Gasteiger partial charge in [0.15, 0.2) is 11.6 Å². The maximum absolute atomic E-state index is 12.0. The van der Waals surface area contributed by atoms with Gasteiger partial charge in [0.1, 0.15) is 5.75 Å². The number of carboxylic acid groups (broad SMARTS) is 1. The van der Waals surface area contributed by atoms with E-state index < -0.39 is 5.97 Å². The maximum atomic E-state index is 12.0. The first kappa shape index (κ1) is 91.6. The minimum atomic E-state index is -0.734. The number of nitrogens with one attached hydrogen (secondary N) is 2. The molecule has 2 amide bonds. The monoisotopic (exact) mass is 1570 g/mol. The molecule has 7 aromatic rings. The summed E-state index contributed by atoms with van der Waals surface area (Å²) in [4.78, 5) is 88.0. The van der Waals surface area contributed by atoms with Gasteiger partial charge in [-0.2, -0.15) is 0 Å². The van der Waals surface area contributed by atoms with Crippen molar-refractivity contribution in [1.29, 1.82) is 0 Å². The number of hydrogen-bond acceptors (Lipinski definition) is 17. The van der Waals surface area contributed by atoms with Gasteiger partial charge in [0.25, 0.3) is 11.8 Å². The van der Waals surface area contributed by atoms with E-state index in [0.29, 0.717) is 38.1 Å².